The van der Waals surface area contributed by atoms with Crippen LogP contribution in [-0.4, -0.2) is 54.2 Å². The van der Waals surface area contributed by atoms with Gasteiger partial charge in [-0.1, -0.05) is 0 Å². The lowest BCUT2D eigenvalue weighted by atomic mass is 10.2. The van der Waals surface area contributed by atoms with Crippen molar-refractivity contribution in [3.05, 3.63) is 16.1 Å². The number of likely N-dealkylation sites (N-methyl/N-ethyl adjacent to an activating group) is 1. The van der Waals surface area contributed by atoms with E-state index in [9.17, 15) is 4.79 Å². The van der Waals surface area contributed by atoms with Crippen LogP contribution in [0.5, 0.6) is 0 Å². The van der Waals surface area contributed by atoms with E-state index < -0.39 is 5.60 Å². The number of nitrogens with zero attached hydrogens (tertiary/aromatic N) is 3. The summed E-state index contributed by atoms with van der Waals surface area (Å²) < 4.78 is 5.39. The Morgan fingerprint density at radius 2 is 2.12 bits per heavy atom. The number of aryl methyl sites for hydroxylation is 1. The summed E-state index contributed by atoms with van der Waals surface area (Å²) in [7, 11) is 1.72. The van der Waals surface area contributed by atoms with Crippen LogP contribution in [0, 0.1) is 6.92 Å². The van der Waals surface area contributed by atoms with E-state index in [4.69, 9.17) is 4.74 Å². The number of carbonyl (C=O) groups is 1. The number of aliphatic imine (C=N–C) groups is 1. The lowest BCUT2D eigenvalue weighted by Gasteiger charge is -2.26. The molecule has 0 saturated heterocycles. The Morgan fingerprint density at radius 1 is 1.42 bits per heavy atom. The maximum Gasteiger partial charge on any atom is 0.410 e. The molecule has 1 aromatic heterocycles. The predicted octanol–water partition coefficient (Wildman–Crippen LogP) is 2.37. The highest BCUT2D eigenvalue weighted by atomic mass is 32.1. The van der Waals surface area contributed by atoms with Crippen molar-refractivity contribution in [2.45, 2.75) is 46.8 Å². The molecule has 0 aliphatic carbocycles. The summed E-state index contributed by atoms with van der Waals surface area (Å²) in [6.07, 6.45) is 1.56. The number of ether oxygens (including phenoxy) is 1. The molecule has 0 saturated carbocycles. The van der Waals surface area contributed by atoms with Gasteiger partial charge in [-0.3, -0.25) is 4.99 Å². The first-order chi connectivity index (χ1) is 11.2. The molecule has 8 heteroatoms. The second-order valence-electron chi connectivity index (χ2n) is 6.28. The average Bonchev–Trinajstić information content (AvgIpc) is 2.90. The highest BCUT2D eigenvalue weighted by Crippen LogP contribution is 2.10. The quantitative estimate of drug-likeness (QED) is 0.605. The van der Waals surface area contributed by atoms with E-state index in [1.807, 2.05) is 40.8 Å². The molecule has 1 heterocycles. The molecular formula is C16H29N5O2S. The van der Waals surface area contributed by atoms with Crippen molar-refractivity contribution in [1.82, 2.24) is 20.5 Å². The van der Waals surface area contributed by atoms with Crippen LogP contribution in [0.2, 0.25) is 0 Å². The largest absolute Gasteiger partial charge is 0.444 e. The third kappa shape index (κ3) is 7.63. The Bertz CT molecular complexity index is 551. The average molecular weight is 356 g/mol. The zero-order valence-electron chi connectivity index (χ0n) is 15.5. The van der Waals surface area contributed by atoms with Gasteiger partial charge in [0.05, 0.1) is 6.54 Å². The monoisotopic (exact) mass is 355 g/mol. The fourth-order valence-electron chi connectivity index (χ4n) is 1.88. The van der Waals surface area contributed by atoms with Gasteiger partial charge in [0.15, 0.2) is 5.96 Å². The molecule has 24 heavy (non-hydrogen) atoms. The van der Waals surface area contributed by atoms with Crippen LogP contribution >= 0.6 is 11.3 Å². The molecule has 0 bridgehead atoms. The van der Waals surface area contributed by atoms with Crippen molar-refractivity contribution < 1.29 is 9.53 Å². The highest BCUT2D eigenvalue weighted by Gasteiger charge is 2.20. The third-order valence-corrected chi connectivity index (χ3v) is 3.92. The van der Waals surface area contributed by atoms with Crippen molar-refractivity contribution in [2.75, 3.05) is 26.7 Å². The minimum absolute atomic E-state index is 0.298. The number of carbonyl (C=O) groups excluding carboxylic acids is 1. The molecule has 7 nitrogen and oxygen atoms in total. The van der Waals surface area contributed by atoms with Crippen LogP contribution in [0.4, 0.5) is 4.79 Å². The smallest absolute Gasteiger partial charge is 0.410 e. The first-order valence-corrected chi connectivity index (χ1v) is 8.90. The van der Waals surface area contributed by atoms with E-state index in [1.54, 1.807) is 23.3 Å². The van der Waals surface area contributed by atoms with E-state index in [0.29, 0.717) is 32.1 Å². The van der Waals surface area contributed by atoms with Crippen LogP contribution < -0.4 is 10.6 Å². The molecule has 0 aliphatic rings. The molecular weight excluding hydrogens is 326 g/mol. The Morgan fingerprint density at radius 3 is 2.62 bits per heavy atom. The maximum atomic E-state index is 12.1. The van der Waals surface area contributed by atoms with Gasteiger partial charge in [0.2, 0.25) is 0 Å². The summed E-state index contributed by atoms with van der Waals surface area (Å²) >= 11 is 1.66. The van der Waals surface area contributed by atoms with Crippen LogP contribution in [0.15, 0.2) is 11.2 Å². The zero-order valence-corrected chi connectivity index (χ0v) is 16.3. The summed E-state index contributed by atoms with van der Waals surface area (Å²) in [6, 6.07) is 0. The van der Waals surface area contributed by atoms with E-state index in [1.165, 1.54) is 4.88 Å². The minimum Gasteiger partial charge on any atom is -0.444 e. The second kappa shape index (κ2) is 9.46. The van der Waals surface area contributed by atoms with Gasteiger partial charge in [0, 0.05) is 37.8 Å². The second-order valence-corrected chi connectivity index (χ2v) is 7.60. The van der Waals surface area contributed by atoms with Gasteiger partial charge in [-0.25, -0.2) is 9.78 Å². The number of amides is 1. The van der Waals surface area contributed by atoms with Crippen LogP contribution in [0.25, 0.3) is 0 Å². The van der Waals surface area contributed by atoms with E-state index in [0.717, 1.165) is 5.01 Å². The topological polar surface area (TPSA) is 78.9 Å². The van der Waals surface area contributed by atoms with Crippen molar-refractivity contribution in [2.24, 2.45) is 4.99 Å². The lowest BCUT2D eigenvalue weighted by Crippen LogP contribution is -2.44. The number of rotatable bonds is 6. The standard InChI is InChI=1S/C16H29N5O2S/c1-7-21(15(22)23-16(3,4)5)9-8-18-14(17-6)20-11-13-19-10-12(2)24-13/h10H,7-9,11H2,1-6H3,(H2,17,18,20). The summed E-state index contributed by atoms with van der Waals surface area (Å²) in [5.41, 5.74) is -0.485. The van der Waals surface area contributed by atoms with Crippen molar-refractivity contribution in [3.63, 3.8) is 0 Å². The summed E-state index contributed by atoms with van der Waals surface area (Å²) in [5, 5.41) is 7.42. The molecule has 1 amide bonds. The first-order valence-electron chi connectivity index (χ1n) is 8.09. The first kappa shape index (κ1) is 20.2. The van der Waals surface area contributed by atoms with E-state index in [2.05, 4.69) is 20.6 Å². The third-order valence-electron chi connectivity index (χ3n) is 3.01. The molecule has 136 valence electrons. The molecule has 0 radical (unpaired) electrons. The number of aromatic nitrogens is 1. The molecule has 0 spiro atoms. The molecule has 2 N–H and O–H groups in total. The summed E-state index contributed by atoms with van der Waals surface area (Å²) in [6.45, 7) is 11.9. The molecule has 1 aromatic rings. The summed E-state index contributed by atoms with van der Waals surface area (Å²) in [5.74, 6) is 0.683. The molecule has 0 aromatic carbocycles. The van der Waals surface area contributed by atoms with Gasteiger partial charge in [0.25, 0.3) is 0 Å². The van der Waals surface area contributed by atoms with Crippen molar-refractivity contribution >= 4 is 23.4 Å². The maximum absolute atomic E-state index is 12.1. The predicted molar refractivity (Wildman–Crippen MR) is 98.5 cm³/mol. The zero-order chi connectivity index (χ0) is 18.2. The van der Waals surface area contributed by atoms with Gasteiger partial charge in [-0.05, 0) is 34.6 Å². The van der Waals surface area contributed by atoms with Gasteiger partial charge >= 0.3 is 6.09 Å². The van der Waals surface area contributed by atoms with Crippen molar-refractivity contribution in [3.8, 4) is 0 Å². The van der Waals surface area contributed by atoms with Gasteiger partial charge in [0.1, 0.15) is 10.6 Å². The SMILES string of the molecule is CCN(CCNC(=NC)NCc1ncc(C)s1)C(=O)OC(C)(C)C. The van der Waals surface area contributed by atoms with E-state index >= 15 is 0 Å². The van der Waals surface area contributed by atoms with Crippen molar-refractivity contribution in [1.29, 1.82) is 0 Å². The molecule has 1 rings (SSSR count). The number of guanidine groups is 1. The number of hydrogen-bond donors (Lipinski definition) is 2. The van der Waals surface area contributed by atoms with Gasteiger partial charge < -0.3 is 20.3 Å². The fraction of sp³-hybridized carbons (Fsp3) is 0.688. The summed E-state index contributed by atoms with van der Waals surface area (Å²) in [4.78, 5) is 23.4. The Balaban J connectivity index is 2.38. The van der Waals surface area contributed by atoms with Gasteiger partial charge in [-0.15, -0.1) is 11.3 Å². The normalized spacial score (nSPS) is 12.0. The molecule has 0 atom stereocenters. The van der Waals surface area contributed by atoms with Crippen LogP contribution in [0.1, 0.15) is 37.6 Å². The molecule has 0 fully saturated rings. The highest BCUT2D eigenvalue weighted by molar-refractivity contribution is 7.11. The minimum atomic E-state index is -0.485. The molecule has 0 unspecified atom stereocenters. The number of thiazole rings is 1. The van der Waals surface area contributed by atoms with Gasteiger partial charge in [-0.2, -0.15) is 0 Å². The number of hydrogen-bond acceptors (Lipinski definition) is 5. The Labute approximate surface area is 148 Å². The fourth-order valence-corrected chi connectivity index (χ4v) is 2.60. The molecule has 0 aliphatic heterocycles. The Kier molecular flexibility index (Phi) is 7.97. The van der Waals surface area contributed by atoms with Crippen LogP contribution in [-0.2, 0) is 11.3 Å². The lowest BCUT2D eigenvalue weighted by molar-refractivity contribution is 0.0264. The van der Waals surface area contributed by atoms with Crippen LogP contribution in [0.3, 0.4) is 0 Å². The Hall–Kier alpha value is -1.83. The van der Waals surface area contributed by atoms with E-state index in [-0.39, 0.29) is 6.09 Å². The number of nitrogens with one attached hydrogen (secondary N) is 2.